The second-order valence-electron chi connectivity index (χ2n) is 2.57. The van der Waals surface area contributed by atoms with Gasteiger partial charge in [0.1, 0.15) is 0 Å². The topological polar surface area (TPSA) is 29.1 Å². The SMILES string of the molecule is CPC(=O)Nc1cccc(C)c1. The summed E-state index contributed by atoms with van der Waals surface area (Å²) in [5, 5.41) is 2.81. The Balaban J connectivity index is 2.69. The Morgan fingerprint density at radius 3 is 2.83 bits per heavy atom. The third kappa shape index (κ3) is 2.63. The van der Waals surface area contributed by atoms with E-state index in [1.807, 2.05) is 37.9 Å². The minimum absolute atomic E-state index is 0.0839. The van der Waals surface area contributed by atoms with Gasteiger partial charge in [0, 0.05) is 5.69 Å². The summed E-state index contributed by atoms with van der Waals surface area (Å²) in [6.07, 6.45) is 0. The first kappa shape index (κ1) is 9.21. The van der Waals surface area contributed by atoms with Gasteiger partial charge in [-0.25, -0.2) is 0 Å². The lowest BCUT2D eigenvalue weighted by molar-refractivity contribution is 0.269. The fraction of sp³-hybridized carbons (Fsp3) is 0.222. The molecular weight excluding hydrogens is 169 g/mol. The molecule has 12 heavy (non-hydrogen) atoms. The van der Waals surface area contributed by atoms with Crippen LogP contribution < -0.4 is 5.32 Å². The molecule has 0 aliphatic rings. The molecule has 1 unspecified atom stereocenters. The van der Waals surface area contributed by atoms with Gasteiger partial charge in [-0.05, 0) is 39.9 Å². The average molecular weight is 181 g/mol. The van der Waals surface area contributed by atoms with Crippen molar-refractivity contribution < 1.29 is 4.79 Å². The van der Waals surface area contributed by atoms with Crippen molar-refractivity contribution in [3.8, 4) is 0 Å². The van der Waals surface area contributed by atoms with Crippen molar-refractivity contribution in [3.05, 3.63) is 29.8 Å². The molecule has 0 bridgehead atoms. The largest absolute Gasteiger partial charge is 0.323 e. The van der Waals surface area contributed by atoms with Crippen molar-refractivity contribution in [3.63, 3.8) is 0 Å². The maximum Gasteiger partial charge on any atom is 0.241 e. The molecule has 0 fully saturated rings. The lowest BCUT2D eigenvalue weighted by atomic mass is 10.2. The van der Waals surface area contributed by atoms with Crippen LogP contribution in [0, 0.1) is 6.92 Å². The summed E-state index contributed by atoms with van der Waals surface area (Å²) >= 11 is 0. The van der Waals surface area contributed by atoms with E-state index in [4.69, 9.17) is 0 Å². The molecule has 0 saturated heterocycles. The Morgan fingerprint density at radius 1 is 1.50 bits per heavy atom. The molecule has 64 valence electrons. The van der Waals surface area contributed by atoms with Gasteiger partial charge in [0.2, 0.25) is 5.65 Å². The van der Waals surface area contributed by atoms with Gasteiger partial charge in [0.15, 0.2) is 0 Å². The number of carbonyl (C=O) groups excluding carboxylic acids is 1. The van der Waals surface area contributed by atoms with E-state index in [-0.39, 0.29) is 5.65 Å². The number of hydrogen-bond donors (Lipinski definition) is 1. The van der Waals surface area contributed by atoms with E-state index in [1.54, 1.807) is 0 Å². The van der Waals surface area contributed by atoms with Gasteiger partial charge < -0.3 is 5.32 Å². The summed E-state index contributed by atoms with van der Waals surface area (Å²) in [7, 11) is 0.304. The van der Waals surface area contributed by atoms with Gasteiger partial charge in [-0.3, -0.25) is 4.79 Å². The first-order valence-corrected chi connectivity index (χ1v) is 5.28. The number of anilines is 1. The van der Waals surface area contributed by atoms with Crippen molar-refractivity contribution in [2.75, 3.05) is 12.0 Å². The van der Waals surface area contributed by atoms with E-state index < -0.39 is 0 Å². The highest BCUT2D eigenvalue weighted by atomic mass is 31.1. The summed E-state index contributed by atoms with van der Waals surface area (Å²) in [5.74, 6) is 0. The third-order valence-corrected chi connectivity index (χ3v) is 2.08. The van der Waals surface area contributed by atoms with E-state index in [0.717, 1.165) is 11.3 Å². The molecule has 1 aromatic rings. The van der Waals surface area contributed by atoms with Crippen molar-refractivity contribution in [2.24, 2.45) is 0 Å². The van der Waals surface area contributed by atoms with Crippen LogP contribution in [0.3, 0.4) is 0 Å². The highest BCUT2D eigenvalue weighted by molar-refractivity contribution is 7.57. The summed E-state index contributed by atoms with van der Waals surface area (Å²) in [4.78, 5) is 11.0. The Labute approximate surface area is 74.2 Å². The number of rotatable bonds is 2. The average Bonchev–Trinajstić information content (AvgIpc) is 2.04. The number of amides is 1. The number of hydrogen-bond acceptors (Lipinski definition) is 1. The van der Waals surface area contributed by atoms with Crippen LogP contribution in [-0.4, -0.2) is 12.3 Å². The Kier molecular flexibility index (Phi) is 3.24. The van der Waals surface area contributed by atoms with Crippen molar-refractivity contribution >= 4 is 19.9 Å². The van der Waals surface area contributed by atoms with Gasteiger partial charge in [0.05, 0.1) is 0 Å². The third-order valence-electron chi connectivity index (χ3n) is 1.50. The van der Waals surface area contributed by atoms with Crippen LogP contribution >= 0.6 is 8.58 Å². The summed E-state index contributed by atoms with van der Waals surface area (Å²) in [5.41, 5.74) is 2.13. The van der Waals surface area contributed by atoms with E-state index in [2.05, 4.69) is 5.32 Å². The Morgan fingerprint density at radius 2 is 2.25 bits per heavy atom. The van der Waals surface area contributed by atoms with Crippen LogP contribution in [0.5, 0.6) is 0 Å². The second-order valence-corrected chi connectivity index (χ2v) is 3.53. The molecular formula is C9H12NOP. The van der Waals surface area contributed by atoms with Crippen LogP contribution in [0.15, 0.2) is 24.3 Å². The highest BCUT2D eigenvalue weighted by Crippen LogP contribution is 2.13. The van der Waals surface area contributed by atoms with E-state index in [0.29, 0.717) is 8.58 Å². The minimum atomic E-state index is 0.0839. The van der Waals surface area contributed by atoms with Crippen LogP contribution in [0.25, 0.3) is 0 Å². The zero-order valence-electron chi connectivity index (χ0n) is 7.22. The molecule has 0 heterocycles. The monoisotopic (exact) mass is 181 g/mol. The predicted molar refractivity (Wildman–Crippen MR) is 54.4 cm³/mol. The lowest BCUT2D eigenvalue weighted by Crippen LogP contribution is -2.02. The van der Waals surface area contributed by atoms with Gasteiger partial charge in [-0.2, -0.15) is 0 Å². The van der Waals surface area contributed by atoms with Crippen molar-refractivity contribution in [1.82, 2.24) is 0 Å². The fourth-order valence-corrected chi connectivity index (χ4v) is 1.19. The molecule has 3 heteroatoms. The second kappa shape index (κ2) is 4.22. The van der Waals surface area contributed by atoms with Gasteiger partial charge >= 0.3 is 0 Å². The molecule has 2 nitrogen and oxygen atoms in total. The standard InChI is InChI=1S/C9H12NOP/c1-7-4-3-5-8(6-7)10-9(11)12-2/h3-6,12H,1-2H3,(H,10,11). The molecule has 0 radical (unpaired) electrons. The number of aryl methyl sites for hydroxylation is 1. The van der Waals surface area contributed by atoms with Crippen molar-refractivity contribution in [1.29, 1.82) is 0 Å². The van der Waals surface area contributed by atoms with Crippen LogP contribution in [0.4, 0.5) is 10.5 Å². The normalized spacial score (nSPS) is 10.5. The first-order chi connectivity index (χ1) is 5.72. The molecule has 1 rings (SSSR count). The van der Waals surface area contributed by atoms with Crippen LogP contribution in [-0.2, 0) is 0 Å². The maximum atomic E-state index is 11.0. The fourth-order valence-electron chi connectivity index (χ4n) is 0.916. The maximum absolute atomic E-state index is 11.0. The quantitative estimate of drug-likeness (QED) is 0.698. The molecule has 1 amide bonds. The number of nitrogens with one attached hydrogen (secondary N) is 1. The molecule has 1 atom stereocenters. The molecule has 0 aromatic heterocycles. The van der Waals surface area contributed by atoms with Gasteiger partial charge in [0.25, 0.3) is 0 Å². The smallest absolute Gasteiger partial charge is 0.241 e. The highest BCUT2D eigenvalue weighted by Gasteiger charge is 1.97. The van der Waals surface area contributed by atoms with Crippen LogP contribution in [0.2, 0.25) is 0 Å². The minimum Gasteiger partial charge on any atom is -0.323 e. The molecule has 1 aromatic carbocycles. The molecule has 0 spiro atoms. The molecule has 0 aliphatic heterocycles. The van der Waals surface area contributed by atoms with E-state index in [9.17, 15) is 4.79 Å². The van der Waals surface area contributed by atoms with E-state index >= 15 is 0 Å². The summed E-state index contributed by atoms with van der Waals surface area (Å²) < 4.78 is 0. The van der Waals surface area contributed by atoms with Gasteiger partial charge in [-0.15, -0.1) is 0 Å². The Hall–Kier alpha value is -0.880. The first-order valence-electron chi connectivity index (χ1n) is 3.78. The zero-order valence-corrected chi connectivity index (χ0v) is 8.22. The van der Waals surface area contributed by atoms with Crippen LogP contribution in [0.1, 0.15) is 5.56 Å². The predicted octanol–water partition coefficient (Wildman–Crippen LogP) is 2.84. The van der Waals surface area contributed by atoms with E-state index in [1.165, 1.54) is 0 Å². The molecule has 0 aliphatic carbocycles. The summed E-state index contributed by atoms with van der Waals surface area (Å²) in [6, 6.07) is 7.79. The number of benzene rings is 1. The zero-order chi connectivity index (χ0) is 8.97. The number of carbonyl (C=O) groups is 1. The van der Waals surface area contributed by atoms with Crippen molar-refractivity contribution in [2.45, 2.75) is 6.92 Å². The molecule has 0 saturated carbocycles. The molecule has 1 N–H and O–H groups in total. The summed E-state index contributed by atoms with van der Waals surface area (Å²) in [6.45, 7) is 3.87. The van der Waals surface area contributed by atoms with Gasteiger partial charge in [-0.1, -0.05) is 12.1 Å². The lowest BCUT2D eigenvalue weighted by Gasteiger charge is -2.03. The Bertz CT molecular complexity index is 286.